The van der Waals surface area contributed by atoms with E-state index < -0.39 is 0 Å². The SMILES string of the molecule is CN=C(NCCc1cccs1)NCc1c(O)ccc2c1CCCC2.I. The standard InChI is InChI=1S/C19H25N3OS.HI/c1-20-19(21-11-10-15-6-4-12-24-15)22-13-17-16-7-3-2-5-14(16)8-9-18(17)23;/h4,6,8-9,12,23H,2-3,5,7,10-11,13H2,1H3,(H2,20,21,22);1H. The molecule has 25 heavy (non-hydrogen) atoms. The van der Waals surface area contributed by atoms with Gasteiger partial charge in [0.05, 0.1) is 0 Å². The van der Waals surface area contributed by atoms with Crippen molar-refractivity contribution in [3.63, 3.8) is 0 Å². The molecule has 2 aromatic rings. The number of guanidine groups is 1. The number of hydrogen-bond donors (Lipinski definition) is 3. The van der Waals surface area contributed by atoms with Gasteiger partial charge in [0.2, 0.25) is 0 Å². The fourth-order valence-corrected chi connectivity index (χ4v) is 3.95. The first-order valence-corrected chi connectivity index (χ1v) is 9.45. The minimum Gasteiger partial charge on any atom is -0.508 e. The van der Waals surface area contributed by atoms with Crippen LogP contribution in [-0.4, -0.2) is 24.7 Å². The molecule has 1 heterocycles. The third-order valence-electron chi connectivity index (χ3n) is 4.53. The van der Waals surface area contributed by atoms with Crippen LogP contribution in [0.2, 0.25) is 0 Å². The van der Waals surface area contributed by atoms with Gasteiger partial charge in [-0.3, -0.25) is 4.99 Å². The minimum absolute atomic E-state index is 0. The second kappa shape index (κ2) is 10.0. The van der Waals surface area contributed by atoms with Gasteiger partial charge >= 0.3 is 0 Å². The van der Waals surface area contributed by atoms with E-state index in [2.05, 4.69) is 39.2 Å². The zero-order valence-electron chi connectivity index (χ0n) is 14.5. The molecular weight excluding hydrogens is 445 g/mol. The van der Waals surface area contributed by atoms with Gasteiger partial charge in [-0.15, -0.1) is 35.3 Å². The molecule has 0 spiro atoms. The Bertz CT molecular complexity index is 701. The van der Waals surface area contributed by atoms with Gasteiger partial charge in [-0.05, 0) is 60.7 Å². The second-order valence-corrected chi connectivity index (χ2v) is 7.12. The maximum atomic E-state index is 10.3. The molecular formula is C19H26IN3OS. The summed E-state index contributed by atoms with van der Waals surface area (Å²) >= 11 is 1.78. The molecule has 3 N–H and O–H groups in total. The Morgan fingerprint density at radius 2 is 2.04 bits per heavy atom. The number of halogens is 1. The third-order valence-corrected chi connectivity index (χ3v) is 5.46. The van der Waals surface area contributed by atoms with E-state index in [-0.39, 0.29) is 24.0 Å². The number of nitrogens with zero attached hydrogens (tertiary/aromatic N) is 1. The summed E-state index contributed by atoms with van der Waals surface area (Å²) in [5.74, 6) is 1.16. The maximum absolute atomic E-state index is 10.3. The van der Waals surface area contributed by atoms with Crippen LogP contribution in [0.25, 0.3) is 0 Å². The number of aryl methyl sites for hydroxylation is 1. The maximum Gasteiger partial charge on any atom is 0.191 e. The molecule has 6 heteroatoms. The summed E-state index contributed by atoms with van der Waals surface area (Å²) in [6, 6.07) is 8.13. The van der Waals surface area contributed by atoms with Crippen LogP contribution in [0.3, 0.4) is 0 Å². The molecule has 0 unspecified atom stereocenters. The van der Waals surface area contributed by atoms with Gasteiger partial charge in [-0.2, -0.15) is 0 Å². The molecule has 1 aliphatic carbocycles. The predicted molar refractivity (Wildman–Crippen MR) is 116 cm³/mol. The molecule has 1 aromatic carbocycles. The van der Waals surface area contributed by atoms with Gasteiger partial charge in [-0.1, -0.05) is 12.1 Å². The van der Waals surface area contributed by atoms with Crippen LogP contribution in [0.1, 0.15) is 34.4 Å². The average molecular weight is 471 g/mol. The molecule has 4 nitrogen and oxygen atoms in total. The van der Waals surface area contributed by atoms with Gasteiger partial charge in [0.1, 0.15) is 5.75 Å². The Morgan fingerprint density at radius 1 is 1.20 bits per heavy atom. The molecule has 1 aliphatic rings. The summed E-state index contributed by atoms with van der Waals surface area (Å²) in [5, 5.41) is 19.0. The highest BCUT2D eigenvalue weighted by molar-refractivity contribution is 14.0. The number of aliphatic imine (C=N–C) groups is 1. The Hall–Kier alpha value is -1.28. The summed E-state index contributed by atoms with van der Waals surface area (Å²) in [6.07, 6.45) is 5.62. The predicted octanol–water partition coefficient (Wildman–Crippen LogP) is 3.86. The Kier molecular flexibility index (Phi) is 8.02. The number of benzene rings is 1. The van der Waals surface area contributed by atoms with Gasteiger partial charge in [-0.25, -0.2) is 0 Å². The van der Waals surface area contributed by atoms with Gasteiger partial charge < -0.3 is 15.7 Å². The smallest absolute Gasteiger partial charge is 0.191 e. The van der Waals surface area contributed by atoms with E-state index in [9.17, 15) is 5.11 Å². The normalized spacial score (nSPS) is 13.7. The Labute approximate surface area is 170 Å². The van der Waals surface area contributed by atoms with Crippen LogP contribution in [0, 0.1) is 0 Å². The van der Waals surface area contributed by atoms with Crippen LogP contribution in [0.4, 0.5) is 0 Å². The number of fused-ring (bicyclic) bond motifs is 1. The molecule has 0 fully saturated rings. The van der Waals surface area contributed by atoms with Gasteiger partial charge in [0.25, 0.3) is 0 Å². The summed E-state index contributed by atoms with van der Waals surface area (Å²) in [5.41, 5.74) is 3.73. The quantitative estimate of drug-likeness (QED) is 0.353. The third kappa shape index (κ3) is 5.34. The zero-order valence-corrected chi connectivity index (χ0v) is 17.7. The fraction of sp³-hybridized carbons (Fsp3) is 0.421. The van der Waals surface area contributed by atoms with Crippen molar-refractivity contribution in [2.45, 2.75) is 38.6 Å². The average Bonchev–Trinajstić information content (AvgIpc) is 3.12. The summed E-state index contributed by atoms with van der Waals surface area (Å²) in [4.78, 5) is 5.65. The van der Waals surface area contributed by atoms with Crippen molar-refractivity contribution >= 4 is 41.3 Å². The van der Waals surface area contributed by atoms with Crippen molar-refractivity contribution in [1.29, 1.82) is 0 Å². The monoisotopic (exact) mass is 471 g/mol. The first kappa shape index (κ1) is 20.0. The van der Waals surface area contributed by atoms with Crippen molar-refractivity contribution in [3.05, 3.63) is 51.2 Å². The van der Waals surface area contributed by atoms with E-state index in [1.165, 1.54) is 28.8 Å². The highest BCUT2D eigenvalue weighted by atomic mass is 127. The van der Waals surface area contributed by atoms with Crippen LogP contribution < -0.4 is 10.6 Å². The number of hydrogen-bond acceptors (Lipinski definition) is 3. The highest BCUT2D eigenvalue weighted by Crippen LogP contribution is 2.30. The van der Waals surface area contributed by atoms with Gasteiger partial charge in [0, 0.05) is 30.6 Å². The zero-order chi connectivity index (χ0) is 16.8. The number of phenols is 1. The largest absolute Gasteiger partial charge is 0.508 e. The fourth-order valence-electron chi connectivity index (χ4n) is 3.24. The van der Waals surface area contributed by atoms with Crippen molar-refractivity contribution in [2.24, 2.45) is 4.99 Å². The van der Waals surface area contributed by atoms with Crippen LogP contribution in [-0.2, 0) is 25.8 Å². The molecule has 3 rings (SSSR count). The van der Waals surface area contributed by atoms with E-state index in [0.717, 1.165) is 37.3 Å². The topological polar surface area (TPSA) is 56.7 Å². The summed E-state index contributed by atoms with van der Waals surface area (Å²) < 4.78 is 0. The molecule has 0 bridgehead atoms. The van der Waals surface area contributed by atoms with E-state index in [1.54, 1.807) is 18.4 Å². The Balaban J connectivity index is 0.00000225. The van der Waals surface area contributed by atoms with Crippen LogP contribution in [0.5, 0.6) is 5.75 Å². The van der Waals surface area contributed by atoms with Crippen molar-refractivity contribution in [1.82, 2.24) is 10.6 Å². The lowest BCUT2D eigenvalue weighted by Gasteiger charge is -2.21. The molecule has 0 aliphatic heterocycles. The first-order chi connectivity index (χ1) is 11.8. The number of thiophene rings is 1. The van der Waals surface area contributed by atoms with Gasteiger partial charge in [0.15, 0.2) is 5.96 Å². The van der Waals surface area contributed by atoms with E-state index in [1.807, 2.05) is 6.07 Å². The molecule has 136 valence electrons. The summed E-state index contributed by atoms with van der Waals surface area (Å²) in [7, 11) is 1.78. The number of phenolic OH excluding ortho intramolecular Hbond substituents is 1. The minimum atomic E-state index is 0. The molecule has 0 atom stereocenters. The molecule has 1 aromatic heterocycles. The summed E-state index contributed by atoms with van der Waals surface area (Å²) in [6.45, 7) is 1.45. The first-order valence-electron chi connectivity index (χ1n) is 8.57. The van der Waals surface area contributed by atoms with E-state index in [4.69, 9.17) is 0 Å². The molecule has 0 amide bonds. The van der Waals surface area contributed by atoms with Crippen molar-refractivity contribution in [3.8, 4) is 5.75 Å². The lowest BCUT2D eigenvalue weighted by atomic mass is 9.88. The number of rotatable bonds is 5. The van der Waals surface area contributed by atoms with Crippen molar-refractivity contribution in [2.75, 3.05) is 13.6 Å². The molecule has 0 saturated heterocycles. The number of nitrogens with one attached hydrogen (secondary N) is 2. The lowest BCUT2D eigenvalue weighted by molar-refractivity contribution is 0.464. The lowest BCUT2D eigenvalue weighted by Crippen LogP contribution is -2.38. The van der Waals surface area contributed by atoms with E-state index >= 15 is 0 Å². The second-order valence-electron chi connectivity index (χ2n) is 6.09. The van der Waals surface area contributed by atoms with E-state index in [0.29, 0.717) is 12.3 Å². The number of aromatic hydroxyl groups is 1. The Morgan fingerprint density at radius 3 is 2.80 bits per heavy atom. The highest BCUT2D eigenvalue weighted by Gasteiger charge is 2.16. The molecule has 0 radical (unpaired) electrons. The van der Waals surface area contributed by atoms with Crippen LogP contribution in [0.15, 0.2) is 34.6 Å². The van der Waals surface area contributed by atoms with Crippen LogP contribution >= 0.6 is 35.3 Å². The molecule has 0 saturated carbocycles. The van der Waals surface area contributed by atoms with Crippen molar-refractivity contribution < 1.29 is 5.11 Å².